The molecular formula is C14H16N6O. The molecule has 2 saturated heterocycles. The Kier molecular flexibility index (Phi) is 2.92. The maximum atomic E-state index is 12.6. The van der Waals surface area contributed by atoms with Crippen LogP contribution in [0.5, 0.6) is 0 Å². The predicted molar refractivity (Wildman–Crippen MR) is 75.0 cm³/mol. The van der Waals surface area contributed by atoms with Crippen LogP contribution in [0.3, 0.4) is 0 Å². The lowest BCUT2D eigenvalue weighted by Crippen LogP contribution is -2.39. The Labute approximate surface area is 121 Å². The molecule has 2 aliphatic rings. The summed E-state index contributed by atoms with van der Waals surface area (Å²) in [5.41, 5.74) is 1.57. The Balaban J connectivity index is 1.55. The number of tetrazole rings is 1. The molecule has 2 aromatic rings. The smallest absolute Gasteiger partial charge is 0.254 e. The molecule has 1 aromatic carbocycles. The predicted octanol–water partition coefficient (Wildman–Crippen LogP) is 0.0962. The van der Waals surface area contributed by atoms with E-state index in [0.29, 0.717) is 12.0 Å². The van der Waals surface area contributed by atoms with Crippen LogP contribution in [0.15, 0.2) is 30.6 Å². The summed E-state index contributed by atoms with van der Waals surface area (Å²) < 4.78 is 1.57. The number of benzene rings is 1. The first kappa shape index (κ1) is 12.5. The molecule has 0 aliphatic carbocycles. The summed E-state index contributed by atoms with van der Waals surface area (Å²) >= 11 is 0. The van der Waals surface area contributed by atoms with Crippen molar-refractivity contribution in [3.8, 4) is 5.69 Å². The molecule has 4 rings (SSSR count). The topological polar surface area (TPSA) is 75.9 Å². The lowest BCUT2D eigenvalue weighted by atomic mass is 10.0. The van der Waals surface area contributed by atoms with E-state index in [4.69, 9.17) is 0 Å². The Hall–Kier alpha value is -2.28. The van der Waals surface area contributed by atoms with Gasteiger partial charge >= 0.3 is 0 Å². The number of hydrogen-bond acceptors (Lipinski definition) is 5. The zero-order valence-corrected chi connectivity index (χ0v) is 11.5. The molecule has 2 aliphatic heterocycles. The number of carbonyl (C=O) groups is 1. The highest BCUT2D eigenvalue weighted by Crippen LogP contribution is 2.28. The van der Waals surface area contributed by atoms with Gasteiger partial charge in [-0.1, -0.05) is 0 Å². The number of fused-ring (bicyclic) bond motifs is 1. The molecule has 0 radical (unpaired) electrons. The van der Waals surface area contributed by atoms with E-state index in [9.17, 15) is 4.79 Å². The molecule has 108 valence electrons. The second-order valence-electron chi connectivity index (χ2n) is 5.57. The molecule has 3 heterocycles. The number of likely N-dealkylation sites (tertiary alicyclic amines) is 1. The third-order valence-electron chi connectivity index (χ3n) is 4.43. The summed E-state index contributed by atoms with van der Waals surface area (Å²) in [4.78, 5) is 14.6. The SMILES string of the molecule is O=C(c1ccc(-n2cnnn2)cc1)N1CC[C@H]2CNC[C@H]21. The van der Waals surface area contributed by atoms with Crippen LogP contribution in [-0.2, 0) is 0 Å². The van der Waals surface area contributed by atoms with Crippen molar-refractivity contribution in [3.05, 3.63) is 36.2 Å². The molecule has 2 atom stereocenters. The fraction of sp³-hybridized carbons (Fsp3) is 0.429. The van der Waals surface area contributed by atoms with Gasteiger partial charge in [0.15, 0.2) is 0 Å². The van der Waals surface area contributed by atoms with Crippen LogP contribution in [0.2, 0.25) is 0 Å². The number of aromatic nitrogens is 4. The van der Waals surface area contributed by atoms with Crippen LogP contribution in [0, 0.1) is 5.92 Å². The average Bonchev–Trinajstić information content (AvgIpc) is 3.24. The van der Waals surface area contributed by atoms with E-state index >= 15 is 0 Å². The zero-order valence-electron chi connectivity index (χ0n) is 11.5. The van der Waals surface area contributed by atoms with Crippen LogP contribution < -0.4 is 5.32 Å². The lowest BCUT2D eigenvalue weighted by molar-refractivity contribution is 0.0737. The molecule has 0 saturated carbocycles. The third kappa shape index (κ3) is 2.09. The zero-order chi connectivity index (χ0) is 14.2. The normalized spacial score (nSPS) is 24.3. The quantitative estimate of drug-likeness (QED) is 0.846. The first-order valence-electron chi connectivity index (χ1n) is 7.18. The van der Waals surface area contributed by atoms with Crippen molar-refractivity contribution in [2.75, 3.05) is 19.6 Å². The first-order valence-corrected chi connectivity index (χ1v) is 7.18. The van der Waals surface area contributed by atoms with Crippen LogP contribution in [0.1, 0.15) is 16.8 Å². The van der Waals surface area contributed by atoms with Gasteiger partial charge in [0.1, 0.15) is 6.33 Å². The molecule has 1 N–H and O–H groups in total. The number of nitrogens with one attached hydrogen (secondary N) is 1. The summed E-state index contributed by atoms with van der Waals surface area (Å²) in [5.74, 6) is 0.740. The number of rotatable bonds is 2. The van der Waals surface area contributed by atoms with Gasteiger partial charge < -0.3 is 10.2 Å². The summed E-state index contributed by atoms with van der Waals surface area (Å²) in [5, 5.41) is 14.4. The van der Waals surface area contributed by atoms with Gasteiger partial charge in [0, 0.05) is 31.2 Å². The number of nitrogens with zero attached hydrogens (tertiary/aromatic N) is 5. The van der Waals surface area contributed by atoms with Gasteiger partial charge in [-0.3, -0.25) is 4.79 Å². The largest absolute Gasteiger partial charge is 0.334 e. The van der Waals surface area contributed by atoms with Gasteiger partial charge in [0.25, 0.3) is 5.91 Å². The summed E-state index contributed by atoms with van der Waals surface area (Å²) in [7, 11) is 0. The molecule has 7 heteroatoms. The number of carbonyl (C=O) groups excluding carboxylic acids is 1. The van der Waals surface area contributed by atoms with Gasteiger partial charge in [-0.05, 0) is 47.0 Å². The second kappa shape index (κ2) is 4.92. The van der Waals surface area contributed by atoms with E-state index in [2.05, 4.69) is 20.8 Å². The van der Waals surface area contributed by atoms with Crippen molar-refractivity contribution in [2.45, 2.75) is 12.5 Å². The summed E-state index contributed by atoms with van der Waals surface area (Å²) in [6.45, 7) is 2.82. The molecule has 1 aromatic heterocycles. The Morgan fingerprint density at radius 2 is 2.10 bits per heavy atom. The van der Waals surface area contributed by atoms with Crippen molar-refractivity contribution in [1.82, 2.24) is 30.4 Å². The first-order chi connectivity index (χ1) is 10.3. The molecular weight excluding hydrogens is 268 g/mol. The van der Waals surface area contributed by atoms with Gasteiger partial charge in [0.05, 0.1) is 5.69 Å². The Bertz CT molecular complexity index is 638. The van der Waals surface area contributed by atoms with Gasteiger partial charge in [-0.15, -0.1) is 5.10 Å². The van der Waals surface area contributed by atoms with Crippen LogP contribution >= 0.6 is 0 Å². The Morgan fingerprint density at radius 1 is 1.24 bits per heavy atom. The van der Waals surface area contributed by atoms with Crippen LogP contribution in [-0.4, -0.2) is 56.7 Å². The van der Waals surface area contributed by atoms with E-state index in [1.807, 2.05) is 29.2 Å². The van der Waals surface area contributed by atoms with Crippen molar-refractivity contribution in [3.63, 3.8) is 0 Å². The molecule has 1 amide bonds. The molecule has 21 heavy (non-hydrogen) atoms. The lowest BCUT2D eigenvalue weighted by Gasteiger charge is -2.23. The van der Waals surface area contributed by atoms with Gasteiger partial charge in [-0.25, -0.2) is 4.68 Å². The van der Waals surface area contributed by atoms with Crippen molar-refractivity contribution < 1.29 is 4.79 Å². The van der Waals surface area contributed by atoms with Crippen LogP contribution in [0.25, 0.3) is 5.69 Å². The molecule has 0 spiro atoms. The number of hydrogen-bond donors (Lipinski definition) is 1. The third-order valence-corrected chi connectivity index (χ3v) is 4.43. The molecule has 0 unspecified atom stereocenters. The fourth-order valence-corrected chi connectivity index (χ4v) is 3.30. The standard InChI is InChI=1S/C14H16N6O/c21-14(19-6-5-11-7-15-8-13(11)19)10-1-3-12(4-2-10)20-9-16-17-18-20/h1-4,9,11,13,15H,5-8H2/t11-,13+/m0/s1. The molecule has 2 fully saturated rings. The van der Waals surface area contributed by atoms with E-state index in [1.165, 1.54) is 6.33 Å². The van der Waals surface area contributed by atoms with E-state index in [1.54, 1.807) is 4.68 Å². The van der Waals surface area contributed by atoms with Crippen molar-refractivity contribution in [1.29, 1.82) is 0 Å². The van der Waals surface area contributed by atoms with Gasteiger partial charge in [0.2, 0.25) is 0 Å². The summed E-state index contributed by atoms with van der Waals surface area (Å²) in [6.07, 6.45) is 2.64. The minimum atomic E-state index is 0.120. The molecule has 7 nitrogen and oxygen atoms in total. The van der Waals surface area contributed by atoms with E-state index in [-0.39, 0.29) is 5.91 Å². The maximum Gasteiger partial charge on any atom is 0.254 e. The van der Waals surface area contributed by atoms with Crippen molar-refractivity contribution in [2.24, 2.45) is 5.92 Å². The second-order valence-corrected chi connectivity index (χ2v) is 5.57. The van der Waals surface area contributed by atoms with E-state index in [0.717, 1.165) is 37.3 Å². The van der Waals surface area contributed by atoms with Crippen molar-refractivity contribution >= 4 is 5.91 Å². The minimum absolute atomic E-state index is 0.120. The van der Waals surface area contributed by atoms with Crippen LogP contribution in [0.4, 0.5) is 0 Å². The minimum Gasteiger partial charge on any atom is -0.334 e. The molecule has 0 bridgehead atoms. The Morgan fingerprint density at radius 3 is 2.86 bits per heavy atom. The number of amides is 1. The average molecular weight is 284 g/mol. The van der Waals surface area contributed by atoms with Gasteiger partial charge in [-0.2, -0.15) is 0 Å². The highest BCUT2D eigenvalue weighted by Gasteiger charge is 2.39. The summed E-state index contributed by atoms with van der Waals surface area (Å²) in [6, 6.07) is 7.77. The maximum absolute atomic E-state index is 12.6. The van der Waals surface area contributed by atoms with E-state index < -0.39 is 0 Å². The monoisotopic (exact) mass is 284 g/mol. The fourth-order valence-electron chi connectivity index (χ4n) is 3.30. The highest BCUT2D eigenvalue weighted by molar-refractivity contribution is 5.94. The highest BCUT2D eigenvalue weighted by atomic mass is 16.2.